The van der Waals surface area contributed by atoms with Crippen LogP contribution >= 0.6 is 0 Å². The molecule has 0 unspecified atom stereocenters. The summed E-state index contributed by atoms with van der Waals surface area (Å²) in [7, 11) is 0. The highest BCUT2D eigenvalue weighted by molar-refractivity contribution is 5.72. The van der Waals surface area contributed by atoms with Gasteiger partial charge < -0.3 is 4.74 Å². The number of allylic oxidation sites excluding steroid dienone is 6. The molecule has 1 aromatic rings. The monoisotopic (exact) mass is 422 g/mol. The second-order valence-corrected chi connectivity index (χ2v) is 7.10. The molecule has 0 saturated heterocycles. The first kappa shape index (κ1) is 25.7. The number of esters is 1. The van der Waals surface area contributed by atoms with E-state index < -0.39 is 17.7 Å². The summed E-state index contributed by atoms with van der Waals surface area (Å²) in [5, 5.41) is 0. The maximum atomic E-state index is 12.5. The van der Waals surface area contributed by atoms with Crippen molar-refractivity contribution in [2.75, 3.05) is 0 Å². The number of benzene rings is 1. The van der Waals surface area contributed by atoms with Crippen LogP contribution in [0.1, 0.15) is 76.7 Å². The molecule has 0 atom stereocenters. The Morgan fingerprint density at radius 1 is 0.833 bits per heavy atom. The minimum atomic E-state index is -4.39. The van der Waals surface area contributed by atoms with E-state index in [0.29, 0.717) is 0 Å². The quantitative estimate of drug-likeness (QED) is 0.131. The minimum Gasteiger partial charge on any atom is -0.427 e. The molecule has 30 heavy (non-hydrogen) atoms. The van der Waals surface area contributed by atoms with Gasteiger partial charge in [0.1, 0.15) is 5.75 Å². The van der Waals surface area contributed by atoms with Gasteiger partial charge in [-0.25, -0.2) is 0 Å². The molecule has 0 aromatic heterocycles. The zero-order valence-corrected chi connectivity index (χ0v) is 17.8. The molecule has 0 heterocycles. The number of hydrogen-bond donors (Lipinski definition) is 0. The summed E-state index contributed by atoms with van der Waals surface area (Å²) in [6.07, 6.45) is 18.1. The standard InChI is InChI=1S/C25H33F3O2/c1-2-3-4-5-6-7-8-9-10-11-12-13-14-15-16-17-24(29)30-23-20-18-22(19-21-23)25(26,27)28/h3-4,6-7,9-10,18-21H,2,5,8,11-17H2,1H3/b4-3-,7-6-,10-9-. The second-order valence-electron chi connectivity index (χ2n) is 7.10. The van der Waals surface area contributed by atoms with Crippen LogP contribution in [0.4, 0.5) is 13.2 Å². The number of carbonyl (C=O) groups is 1. The first-order valence-electron chi connectivity index (χ1n) is 10.8. The molecule has 0 spiro atoms. The number of ether oxygens (including phenoxy) is 1. The smallest absolute Gasteiger partial charge is 0.416 e. The molecule has 2 nitrogen and oxygen atoms in total. The van der Waals surface area contributed by atoms with Crippen molar-refractivity contribution >= 4 is 5.97 Å². The largest absolute Gasteiger partial charge is 0.427 e. The summed E-state index contributed by atoms with van der Waals surface area (Å²) in [5.74, 6) is -0.261. The summed E-state index contributed by atoms with van der Waals surface area (Å²) >= 11 is 0. The third-order valence-electron chi connectivity index (χ3n) is 4.45. The number of rotatable bonds is 14. The van der Waals surface area contributed by atoms with Gasteiger partial charge in [-0.15, -0.1) is 0 Å². The molecule has 0 N–H and O–H groups in total. The molecule has 0 aliphatic heterocycles. The van der Waals surface area contributed by atoms with Crippen LogP contribution in [-0.4, -0.2) is 5.97 Å². The fourth-order valence-electron chi connectivity index (χ4n) is 2.78. The first-order valence-corrected chi connectivity index (χ1v) is 10.8. The van der Waals surface area contributed by atoms with Gasteiger partial charge in [-0.05, 0) is 62.8 Å². The van der Waals surface area contributed by atoms with Crippen molar-refractivity contribution in [3.8, 4) is 5.75 Å². The molecule has 0 radical (unpaired) electrons. The molecule has 0 aliphatic rings. The van der Waals surface area contributed by atoms with E-state index in [1.807, 2.05) is 0 Å². The summed E-state index contributed by atoms with van der Waals surface area (Å²) in [6, 6.07) is 4.18. The summed E-state index contributed by atoms with van der Waals surface area (Å²) in [6.45, 7) is 2.13. The van der Waals surface area contributed by atoms with Crippen LogP contribution in [0.15, 0.2) is 60.7 Å². The summed E-state index contributed by atoms with van der Waals surface area (Å²) in [4.78, 5) is 11.8. The van der Waals surface area contributed by atoms with Crippen LogP contribution in [-0.2, 0) is 11.0 Å². The van der Waals surface area contributed by atoms with E-state index in [2.05, 4.69) is 43.4 Å². The molecular weight excluding hydrogens is 389 g/mol. The highest BCUT2D eigenvalue weighted by atomic mass is 19.4. The third kappa shape index (κ3) is 13.0. The van der Waals surface area contributed by atoms with Gasteiger partial charge in [0.2, 0.25) is 0 Å². The third-order valence-corrected chi connectivity index (χ3v) is 4.45. The van der Waals surface area contributed by atoms with Gasteiger partial charge in [0, 0.05) is 6.42 Å². The lowest BCUT2D eigenvalue weighted by molar-refractivity contribution is -0.137. The molecule has 0 fully saturated rings. The normalized spacial score (nSPS) is 12.4. The summed E-state index contributed by atoms with van der Waals surface area (Å²) in [5.41, 5.74) is -0.756. The Kier molecular flexibility index (Phi) is 13.3. The predicted octanol–water partition coefficient (Wildman–Crippen LogP) is 8.20. The fraction of sp³-hybridized carbons (Fsp3) is 0.480. The highest BCUT2D eigenvalue weighted by Crippen LogP contribution is 2.30. The van der Waals surface area contributed by atoms with Crippen molar-refractivity contribution in [1.82, 2.24) is 0 Å². The van der Waals surface area contributed by atoms with Crippen molar-refractivity contribution in [1.29, 1.82) is 0 Å². The minimum absolute atomic E-state index is 0.145. The molecule has 1 rings (SSSR count). The Balaban J connectivity index is 2.01. The Labute approximate surface area is 178 Å². The van der Waals surface area contributed by atoms with Gasteiger partial charge in [0.15, 0.2) is 0 Å². The predicted molar refractivity (Wildman–Crippen MR) is 116 cm³/mol. The van der Waals surface area contributed by atoms with E-state index in [-0.39, 0.29) is 12.2 Å². The van der Waals surface area contributed by atoms with Crippen molar-refractivity contribution in [2.45, 2.75) is 77.3 Å². The van der Waals surface area contributed by atoms with E-state index in [1.54, 1.807) is 0 Å². The van der Waals surface area contributed by atoms with E-state index in [1.165, 1.54) is 12.1 Å². The van der Waals surface area contributed by atoms with E-state index >= 15 is 0 Å². The van der Waals surface area contributed by atoms with E-state index in [9.17, 15) is 18.0 Å². The molecule has 1 aromatic carbocycles. The van der Waals surface area contributed by atoms with E-state index in [0.717, 1.165) is 69.9 Å². The highest BCUT2D eigenvalue weighted by Gasteiger charge is 2.30. The van der Waals surface area contributed by atoms with Crippen molar-refractivity contribution in [2.24, 2.45) is 0 Å². The number of hydrogen-bond acceptors (Lipinski definition) is 2. The van der Waals surface area contributed by atoms with Gasteiger partial charge in [-0.1, -0.05) is 62.6 Å². The molecule has 0 aliphatic carbocycles. The van der Waals surface area contributed by atoms with Gasteiger partial charge in [0.25, 0.3) is 0 Å². The van der Waals surface area contributed by atoms with Crippen LogP contribution in [0, 0.1) is 0 Å². The lowest BCUT2D eigenvalue weighted by Crippen LogP contribution is -2.08. The van der Waals surface area contributed by atoms with Crippen molar-refractivity contribution in [3.05, 3.63) is 66.3 Å². The number of halogens is 3. The van der Waals surface area contributed by atoms with Crippen LogP contribution in [0.5, 0.6) is 5.75 Å². The Morgan fingerprint density at radius 2 is 1.40 bits per heavy atom. The first-order chi connectivity index (χ1) is 14.4. The molecule has 0 amide bonds. The Bertz CT molecular complexity index is 671. The number of unbranched alkanes of at least 4 members (excludes halogenated alkanes) is 5. The van der Waals surface area contributed by atoms with Crippen molar-refractivity contribution in [3.63, 3.8) is 0 Å². The van der Waals surface area contributed by atoms with Crippen LogP contribution < -0.4 is 4.74 Å². The number of carbonyl (C=O) groups excluding carboxylic acids is 1. The van der Waals surface area contributed by atoms with Gasteiger partial charge >= 0.3 is 12.1 Å². The Morgan fingerprint density at radius 3 is 2.03 bits per heavy atom. The molecule has 0 bridgehead atoms. The topological polar surface area (TPSA) is 26.3 Å². The zero-order chi connectivity index (χ0) is 22.1. The maximum absolute atomic E-state index is 12.5. The lowest BCUT2D eigenvalue weighted by atomic mass is 10.1. The fourth-order valence-corrected chi connectivity index (χ4v) is 2.78. The van der Waals surface area contributed by atoms with Gasteiger partial charge in [-0.3, -0.25) is 4.79 Å². The van der Waals surface area contributed by atoms with Crippen LogP contribution in [0.2, 0.25) is 0 Å². The molecule has 166 valence electrons. The van der Waals surface area contributed by atoms with Gasteiger partial charge in [0.05, 0.1) is 5.56 Å². The zero-order valence-electron chi connectivity index (χ0n) is 17.8. The molecular formula is C25H33F3O2. The average Bonchev–Trinajstić information content (AvgIpc) is 2.70. The SMILES string of the molecule is CC/C=C\C/C=C\C/C=C\CCCCCCCC(=O)Oc1ccc(C(F)(F)F)cc1. The maximum Gasteiger partial charge on any atom is 0.416 e. The number of alkyl halides is 3. The van der Waals surface area contributed by atoms with Crippen LogP contribution in [0.3, 0.4) is 0 Å². The average molecular weight is 423 g/mol. The second kappa shape index (κ2) is 15.5. The van der Waals surface area contributed by atoms with E-state index in [4.69, 9.17) is 4.74 Å². The van der Waals surface area contributed by atoms with Gasteiger partial charge in [-0.2, -0.15) is 13.2 Å². The Hall–Kier alpha value is -2.30. The lowest BCUT2D eigenvalue weighted by Gasteiger charge is -2.08. The van der Waals surface area contributed by atoms with Crippen molar-refractivity contribution < 1.29 is 22.7 Å². The molecule has 5 heteroatoms. The van der Waals surface area contributed by atoms with Crippen LogP contribution in [0.25, 0.3) is 0 Å². The summed E-state index contributed by atoms with van der Waals surface area (Å²) < 4.78 is 42.6. The molecule has 0 saturated carbocycles.